The molecule has 5 nitrogen and oxygen atoms in total. The Kier molecular flexibility index (Phi) is 4.35. The zero-order chi connectivity index (χ0) is 16.3. The summed E-state index contributed by atoms with van der Waals surface area (Å²) in [6.07, 6.45) is 0.665. The van der Waals surface area contributed by atoms with E-state index >= 15 is 0 Å². The van der Waals surface area contributed by atoms with E-state index in [0.717, 1.165) is 11.1 Å². The third-order valence-electron chi connectivity index (χ3n) is 3.39. The number of aromatic carboxylic acids is 1. The van der Waals surface area contributed by atoms with E-state index in [1.165, 1.54) is 12.1 Å². The van der Waals surface area contributed by atoms with Crippen LogP contribution >= 0.6 is 0 Å². The van der Waals surface area contributed by atoms with E-state index in [4.69, 9.17) is 9.52 Å². The summed E-state index contributed by atoms with van der Waals surface area (Å²) >= 11 is 0. The first-order chi connectivity index (χ1) is 10.3. The predicted molar refractivity (Wildman–Crippen MR) is 82.1 cm³/mol. The SMILES string of the molecule is Cc1ccccc1CC(C)(C)NC(=O)c1ccc(C(=O)O)o1. The fraction of sp³-hybridized carbons (Fsp3) is 0.294. The van der Waals surface area contributed by atoms with Crippen LogP contribution in [0.25, 0.3) is 0 Å². The molecule has 0 saturated carbocycles. The summed E-state index contributed by atoms with van der Waals surface area (Å²) in [6, 6.07) is 10.6. The Morgan fingerprint density at radius 3 is 2.36 bits per heavy atom. The van der Waals surface area contributed by atoms with E-state index in [9.17, 15) is 9.59 Å². The lowest BCUT2D eigenvalue weighted by Gasteiger charge is -2.26. The zero-order valence-electron chi connectivity index (χ0n) is 12.8. The molecule has 0 bridgehead atoms. The van der Waals surface area contributed by atoms with Gasteiger partial charge in [0.1, 0.15) is 0 Å². The summed E-state index contributed by atoms with van der Waals surface area (Å²) in [6.45, 7) is 5.86. The number of carbonyl (C=O) groups is 2. The number of hydrogen-bond acceptors (Lipinski definition) is 3. The number of benzene rings is 1. The lowest BCUT2D eigenvalue weighted by molar-refractivity contribution is 0.0659. The molecule has 1 aromatic carbocycles. The normalized spacial score (nSPS) is 11.2. The molecule has 2 rings (SSSR count). The van der Waals surface area contributed by atoms with Crippen molar-refractivity contribution in [2.75, 3.05) is 0 Å². The quantitative estimate of drug-likeness (QED) is 0.889. The highest BCUT2D eigenvalue weighted by atomic mass is 16.4. The summed E-state index contributed by atoms with van der Waals surface area (Å²) < 4.78 is 5.02. The van der Waals surface area contributed by atoms with Crippen molar-refractivity contribution < 1.29 is 19.1 Å². The Labute approximate surface area is 129 Å². The van der Waals surface area contributed by atoms with Gasteiger partial charge in [-0.1, -0.05) is 24.3 Å². The molecule has 1 amide bonds. The van der Waals surface area contributed by atoms with Crippen LogP contribution < -0.4 is 5.32 Å². The van der Waals surface area contributed by atoms with Crippen LogP contribution in [0.4, 0.5) is 0 Å². The fourth-order valence-corrected chi connectivity index (χ4v) is 2.27. The zero-order valence-corrected chi connectivity index (χ0v) is 12.8. The minimum absolute atomic E-state index is 0.00439. The van der Waals surface area contributed by atoms with Gasteiger partial charge in [-0.05, 0) is 50.5 Å². The summed E-state index contributed by atoms with van der Waals surface area (Å²) in [4.78, 5) is 22.9. The molecular formula is C17H19NO4. The van der Waals surface area contributed by atoms with Gasteiger partial charge in [0.15, 0.2) is 5.76 Å². The number of carboxylic acid groups (broad SMARTS) is 1. The van der Waals surface area contributed by atoms with Crippen LogP contribution in [0.1, 0.15) is 46.1 Å². The van der Waals surface area contributed by atoms with Crippen molar-refractivity contribution >= 4 is 11.9 Å². The molecule has 0 unspecified atom stereocenters. The van der Waals surface area contributed by atoms with E-state index in [2.05, 4.69) is 5.32 Å². The third-order valence-corrected chi connectivity index (χ3v) is 3.39. The van der Waals surface area contributed by atoms with E-state index < -0.39 is 17.4 Å². The Balaban J connectivity index is 2.08. The molecule has 1 aromatic heterocycles. The minimum Gasteiger partial charge on any atom is -0.475 e. The van der Waals surface area contributed by atoms with Crippen LogP contribution in [0.5, 0.6) is 0 Å². The molecule has 22 heavy (non-hydrogen) atoms. The number of carbonyl (C=O) groups excluding carboxylic acids is 1. The van der Waals surface area contributed by atoms with Crippen molar-refractivity contribution in [3.63, 3.8) is 0 Å². The number of aryl methyl sites for hydroxylation is 1. The van der Waals surface area contributed by atoms with Crippen molar-refractivity contribution in [2.24, 2.45) is 0 Å². The van der Waals surface area contributed by atoms with Gasteiger partial charge in [-0.25, -0.2) is 4.79 Å². The molecule has 0 spiro atoms. The fourth-order valence-electron chi connectivity index (χ4n) is 2.27. The first kappa shape index (κ1) is 15.8. The van der Waals surface area contributed by atoms with Crippen molar-refractivity contribution in [3.05, 3.63) is 59.0 Å². The second kappa shape index (κ2) is 6.05. The summed E-state index contributed by atoms with van der Waals surface area (Å²) in [5.74, 6) is -1.87. The Morgan fingerprint density at radius 2 is 1.77 bits per heavy atom. The molecule has 0 saturated heterocycles. The second-order valence-corrected chi connectivity index (χ2v) is 5.91. The van der Waals surface area contributed by atoms with Gasteiger partial charge in [-0.15, -0.1) is 0 Å². The van der Waals surface area contributed by atoms with E-state index in [-0.39, 0.29) is 11.5 Å². The predicted octanol–water partition coefficient (Wildman–Crippen LogP) is 3.04. The molecule has 5 heteroatoms. The second-order valence-electron chi connectivity index (χ2n) is 5.91. The number of carboxylic acids is 1. The number of hydrogen-bond donors (Lipinski definition) is 2. The molecule has 2 N–H and O–H groups in total. The smallest absolute Gasteiger partial charge is 0.371 e. The van der Waals surface area contributed by atoms with Gasteiger partial charge in [0, 0.05) is 5.54 Å². The maximum atomic E-state index is 12.2. The first-order valence-electron chi connectivity index (χ1n) is 6.99. The molecule has 2 aromatic rings. The van der Waals surface area contributed by atoms with Crippen molar-refractivity contribution in [1.29, 1.82) is 0 Å². The van der Waals surface area contributed by atoms with E-state index in [1.54, 1.807) is 0 Å². The van der Waals surface area contributed by atoms with Gasteiger partial charge in [-0.3, -0.25) is 4.79 Å². The summed E-state index contributed by atoms with van der Waals surface area (Å²) in [7, 11) is 0. The molecule has 0 aliphatic carbocycles. The Bertz CT molecular complexity index is 700. The third kappa shape index (κ3) is 3.75. The highest BCUT2D eigenvalue weighted by Crippen LogP contribution is 2.17. The van der Waals surface area contributed by atoms with E-state index in [0.29, 0.717) is 6.42 Å². The molecular weight excluding hydrogens is 282 g/mol. The van der Waals surface area contributed by atoms with E-state index in [1.807, 2.05) is 45.0 Å². The first-order valence-corrected chi connectivity index (χ1v) is 6.99. The minimum atomic E-state index is -1.20. The molecule has 0 fully saturated rings. The monoisotopic (exact) mass is 301 g/mol. The Morgan fingerprint density at radius 1 is 1.14 bits per heavy atom. The molecule has 0 radical (unpaired) electrons. The van der Waals surface area contributed by atoms with Gasteiger partial charge in [0.2, 0.25) is 5.76 Å². The standard InChI is InChI=1S/C17H19NO4/c1-11-6-4-5-7-12(11)10-17(2,3)18-15(19)13-8-9-14(22-13)16(20)21/h4-9H,10H2,1-3H3,(H,18,19)(H,20,21). The Hall–Kier alpha value is -2.56. The molecule has 0 atom stereocenters. The number of furan rings is 1. The van der Waals surface area contributed by atoms with Crippen LogP contribution in [-0.4, -0.2) is 22.5 Å². The average Bonchev–Trinajstić information content (AvgIpc) is 2.90. The summed E-state index contributed by atoms with van der Waals surface area (Å²) in [5.41, 5.74) is 1.83. The summed E-state index contributed by atoms with van der Waals surface area (Å²) in [5, 5.41) is 11.7. The average molecular weight is 301 g/mol. The topological polar surface area (TPSA) is 79.5 Å². The van der Waals surface area contributed by atoms with Gasteiger partial charge >= 0.3 is 5.97 Å². The van der Waals surface area contributed by atoms with Crippen LogP contribution in [0.2, 0.25) is 0 Å². The van der Waals surface area contributed by atoms with Gasteiger partial charge < -0.3 is 14.8 Å². The molecule has 116 valence electrons. The van der Waals surface area contributed by atoms with Crippen LogP contribution in [0.3, 0.4) is 0 Å². The van der Waals surface area contributed by atoms with Crippen molar-refractivity contribution in [1.82, 2.24) is 5.32 Å². The maximum Gasteiger partial charge on any atom is 0.371 e. The molecule has 1 heterocycles. The maximum absolute atomic E-state index is 12.2. The van der Waals surface area contributed by atoms with Crippen LogP contribution in [0, 0.1) is 6.92 Å². The van der Waals surface area contributed by atoms with Gasteiger partial charge in [0.25, 0.3) is 5.91 Å². The number of rotatable bonds is 5. The number of nitrogens with one attached hydrogen (secondary N) is 1. The molecule has 0 aliphatic rings. The van der Waals surface area contributed by atoms with Gasteiger partial charge in [-0.2, -0.15) is 0 Å². The molecule has 0 aliphatic heterocycles. The van der Waals surface area contributed by atoms with Gasteiger partial charge in [0.05, 0.1) is 0 Å². The highest BCUT2D eigenvalue weighted by Gasteiger charge is 2.24. The largest absolute Gasteiger partial charge is 0.475 e. The van der Waals surface area contributed by atoms with Crippen LogP contribution in [-0.2, 0) is 6.42 Å². The lowest BCUT2D eigenvalue weighted by atomic mass is 9.92. The lowest BCUT2D eigenvalue weighted by Crippen LogP contribution is -2.45. The number of amides is 1. The van der Waals surface area contributed by atoms with Crippen LogP contribution in [0.15, 0.2) is 40.8 Å². The highest BCUT2D eigenvalue weighted by molar-refractivity contribution is 5.93. The van der Waals surface area contributed by atoms with Crippen molar-refractivity contribution in [3.8, 4) is 0 Å². The van der Waals surface area contributed by atoms with Crippen molar-refractivity contribution in [2.45, 2.75) is 32.7 Å².